The second-order valence-corrected chi connectivity index (χ2v) is 6.16. The molecule has 0 bridgehead atoms. The fraction of sp³-hybridized carbons (Fsp3) is 0.222. The van der Waals surface area contributed by atoms with E-state index in [2.05, 4.69) is 15.5 Å². The number of benzene rings is 2. The normalized spacial score (nSPS) is 13.9. The van der Waals surface area contributed by atoms with Crippen molar-refractivity contribution in [3.8, 4) is 16.8 Å². The summed E-state index contributed by atoms with van der Waals surface area (Å²) in [4.78, 5) is 11.5. The molecular weight excluding hydrogens is 304 g/mol. The number of aromatic nitrogens is 4. The van der Waals surface area contributed by atoms with Crippen LogP contribution in [0, 0.1) is 6.92 Å². The minimum atomic E-state index is -0.966. The highest BCUT2D eigenvalue weighted by Crippen LogP contribution is 2.39. The molecule has 1 saturated carbocycles. The molecule has 1 fully saturated rings. The topological polar surface area (TPSA) is 80.9 Å². The molecule has 1 N–H and O–H groups in total. The maximum Gasteiger partial charge on any atom is 0.335 e. The largest absolute Gasteiger partial charge is 0.478 e. The Kier molecular flexibility index (Phi) is 3.37. The zero-order chi connectivity index (χ0) is 16.7. The summed E-state index contributed by atoms with van der Waals surface area (Å²) in [6.07, 6.45) is 2.15. The highest BCUT2D eigenvalue weighted by molar-refractivity contribution is 5.90. The Hall–Kier alpha value is -3.02. The summed E-state index contributed by atoms with van der Waals surface area (Å²) in [6, 6.07) is 13.2. The lowest BCUT2D eigenvalue weighted by molar-refractivity contribution is 0.0697. The van der Waals surface area contributed by atoms with Crippen LogP contribution in [0.15, 0.2) is 42.5 Å². The molecule has 1 aromatic heterocycles. The van der Waals surface area contributed by atoms with E-state index >= 15 is 0 Å². The average Bonchev–Trinajstić information content (AvgIpc) is 3.31. The Morgan fingerprint density at radius 1 is 1.12 bits per heavy atom. The first-order valence-electron chi connectivity index (χ1n) is 7.86. The lowest BCUT2D eigenvalue weighted by Gasteiger charge is -2.09. The van der Waals surface area contributed by atoms with Crippen molar-refractivity contribution in [2.45, 2.75) is 25.7 Å². The smallest absolute Gasteiger partial charge is 0.335 e. The van der Waals surface area contributed by atoms with Crippen LogP contribution in [-0.2, 0) is 0 Å². The minimum Gasteiger partial charge on any atom is -0.478 e. The van der Waals surface area contributed by atoms with E-state index in [9.17, 15) is 9.90 Å². The molecule has 2 aromatic carbocycles. The third-order valence-electron chi connectivity index (χ3n) is 4.23. The summed E-state index contributed by atoms with van der Waals surface area (Å²) in [5.41, 5.74) is 3.86. The number of nitrogens with zero attached hydrogens (tertiary/aromatic N) is 4. The van der Waals surface area contributed by atoms with Gasteiger partial charge in [-0.05, 0) is 59.5 Å². The number of hydrogen-bond acceptors (Lipinski definition) is 4. The predicted molar refractivity (Wildman–Crippen MR) is 88.3 cm³/mol. The molecule has 0 amide bonds. The van der Waals surface area contributed by atoms with Crippen LogP contribution in [0.2, 0.25) is 0 Å². The van der Waals surface area contributed by atoms with Crippen molar-refractivity contribution in [1.82, 2.24) is 20.2 Å². The fourth-order valence-electron chi connectivity index (χ4n) is 2.74. The van der Waals surface area contributed by atoms with Gasteiger partial charge >= 0.3 is 5.97 Å². The van der Waals surface area contributed by atoms with Gasteiger partial charge in [0.05, 0.1) is 11.3 Å². The highest BCUT2D eigenvalue weighted by atomic mass is 16.4. The molecule has 1 heterocycles. The van der Waals surface area contributed by atoms with E-state index in [0.29, 0.717) is 11.6 Å². The number of aryl methyl sites for hydroxylation is 1. The van der Waals surface area contributed by atoms with E-state index < -0.39 is 5.97 Å². The van der Waals surface area contributed by atoms with Crippen molar-refractivity contribution >= 4 is 5.97 Å². The van der Waals surface area contributed by atoms with Gasteiger partial charge in [-0.1, -0.05) is 29.8 Å². The van der Waals surface area contributed by atoms with Gasteiger partial charge in [-0.2, -0.15) is 4.68 Å². The summed E-state index contributed by atoms with van der Waals surface area (Å²) in [5, 5.41) is 21.4. The number of hydrogen-bond donors (Lipinski definition) is 1. The Bertz CT molecular complexity index is 911. The summed E-state index contributed by atoms with van der Waals surface area (Å²) in [5.74, 6) is 0.204. The van der Waals surface area contributed by atoms with Gasteiger partial charge in [0.1, 0.15) is 0 Å². The maximum atomic E-state index is 11.5. The molecular formula is C18H16N4O2. The summed E-state index contributed by atoms with van der Waals surface area (Å²) in [6.45, 7) is 2.02. The quantitative estimate of drug-likeness (QED) is 0.798. The van der Waals surface area contributed by atoms with E-state index in [1.165, 1.54) is 0 Å². The molecule has 3 aromatic rings. The standard InChI is InChI=1S/C18H16N4O2/c1-11-2-4-12(5-3-11)14-8-15(18(23)24)10-16(9-14)22-17(13-6-7-13)19-20-21-22/h2-5,8-10,13H,6-7H2,1H3,(H,23,24). The third-order valence-corrected chi connectivity index (χ3v) is 4.23. The van der Waals surface area contributed by atoms with Crippen LogP contribution in [0.4, 0.5) is 0 Å². The number of carboxylic acids is 1. The molecule has 1 aliphatic rings. The van der Waals surface area contributed by atoms with Crippen LogP contribution in [0.25, 0.3) is 16.8 Å². The molecule has 24 heavy (non-hydrogen) atoms. The van der Waals surface area contributed by atoms with Crippen molar-refractivity contribution in [3.63, 3.8) is 0 Å². The van der Waals surface area contributed by atoms with E-state index in [1.54, 1.807) is 16.8 Å². The average molecular weight is 320 g/mol. The van der Waals surface area contributed by atoms with Crippen LogP contribution in [0.5, 0.6) is 0 Å². The van der Waals surface area contributed by atoms with Gasteiger partial charge < -0.3 is 5.11 Å². The number of rotatable bonds is 4. The molecule has 0 saturated heterocycles. The lowest BCUT2D eigenvalue weighted by atomic mass is 10.0. The number of carbonyl (C=O) groups is 1. The first kappa shape index (κ1) is 14.6. The summed E-state index contributed by atoms with van der Waals surface area (Å²) in [7, 11) is 0. The zero-order valence-electron chi connectivity index (χ0n) is 13.2. The molecule has 0 aliphatic heterocycles. The van der Waals surface area contributed by atoms with Gasteiger partial charge in [0, 0.05) is 5.92 Å². The van der Waals surface area contributed by atoms with Crippen LogP contribution in [-0.4, -0.2) is 31.3 Å². The lowest BCUT2D eigenvalue weighted by Crippen LogP contribution is -2.05. The monoisotopic (exact) mass is 320 g/mol. The van der Waals surface area contributed by atoms with Gasteiger partial charge in [0.25, 0.3) is 0 Å². The molecule has 1 aliphatic carbocycles. The Morgan fingerprint density at radius 2 is 1.88 bits per heavy atom. The third kappa shape index (κ3) is 2.67. The van der Waals surface area contributed by atoms with Gasteiger partial charge in [-0.25, -0.2) is 4.79 Å². The van der Waals surface area contributed by atoms with Crippen molar-refractivity contribution in [1.29, 1.82) is 0 Å². The van der Waals surface area contributed by atoms with Crippen molar-refractivity contribution < 1.29 is 9.90 Å². The SMILES string of the molecule is Cc1ccc(-c2cc(C(=O)O)cc(-n3nnnc3C3CC3)c2)cc1. The van der Waals surface area contributed by atoms with Crippen LogP contribution >= 0.6 is 0 Å². The van der Waals surface area contributed by atoms with Crippen LogP contribution < -0.4 is 0 Å². The zero-order valence-corrected chi connectivity index (χ0v) is 13.2. The maximum absolute atomic E-state index is 11.5. The van der Waals surface area contributed by atoms with Crippen LogP contribution in [0.1, 0.15) is 40.5 Å². The van der Waals surface area contributed by atoms with E-state index in [1.807, 2.05) is 37.3 Å². The van der Waals surface area contributed by atoms with Crippen molar-refractivity contribution in [3.05, 3.63) is 59.4 Å². The molecule has 0 atom stereocenters. The number of carboxylic acid groups (broad SMARTS) is 1. The van der Waals surface area contributed by atoms with Gasteiger partial charge in [0.15, 0.2) is 5.82 Å². The summed E-state index contributed by atoms with van der Waals surface area (Å²) < 4.78 is 1.65. The second-order valence-electron chi connectivity index (χ2n) is 6.16. The van der Waals surface area contributed by atoms with Crippen molar-refractivity contribution in [2.24, 2.45) is 0 Å². The van der Waals surface area contributed by atoms with Crippen molar-refractivity contribution in [2.75, 3.05) is 0 Å². The van der Waals surface area contributed by atoms with Crippen LogP contribution in [0.3, 0.4) is 0 Å². The highest BCUT2D eigenvalue weighted by Gasteiger charge is 2.30. The van der Waals surface area contributed by atoms with Gasteiger partial charge in [0.2, 0.25) is 0 Å². The summed E-state index contributed by atoms with van der Waals surface area (Å²) >= 11 is 0. The predicted octanol–water partition coefficient (Wildman–Crippen LogP) is 3.21. The van der Waals surface area contributed by atoms with E-state index in [0.717, 1.165) is 35.4 Å². The molecule has 0 unspecified atom stereocenters. The Labute approximate surface area is 138 Å². The van der Waals surface area contributed by atoms with E-state index in [-0.39, 0.29) is 5.56 Å². The minimum absolute atomic E-state index is 0.223. The van der Waals surface area contributed by atoms with Gasteiger partial charge in [-0.15, -0.1) is 5.10 Å². The molecule has 0 spiro atoms. The molecule has 6 nitrogen and oxygen atoms in total. The second kappa shape index (κ2) is 5.56. The molecule has 0 radical (unpaired) electrons. The Morgan fingerprint density at radius 3 is 2.54 bits per heavy atom. The van der Waals surface area contributed by atoms with E-state index in [4.69, 9.17) is 0 Å². The first-order chi connectivity index (χ1) is 11.6. The molecule has 120 valence electrons. The molecule has 4 rings (SSSR count). The van der Waals surface area contributed by atoms with Gasteiger partial charge in [-0.3, -0.25) is 0 Å². The Balaban J connectivity index is 1.86. The number of tetrazole rings is 1. The molecule has 6 heteroatoms. The first-order valence-corrected chi connectivity index (χ1v) is 7.86. The number of aromatic carboxylic acids is 1. The fourth-order valence-corrected chi connectivity index (χ4v) is 2.74.